The number of anilines is 2. The summed E-state index contributed by atoms with van der Waals surface area (Å²) in [4.78, 5) is 41.6. The van der Waals surface area contributed by atoms with Gasteiger partial charge in [0.25, 0.3) is 11.8 Å². The third kappa shape index (κ3) is 2.22. The van der Waals surface area contributed by atoms with Crippen molar-refractivity contribution in [3.8, 4) is 0 Å². The average Bonchev–Trinajstić information content (AvgIpc) is 2.98. The summed E-state index contributed by atoms with van der Waals surface area (Å²) in [5.74, 6) is -0.901. The van der Waals surface area contributed by atoms with Gasteiger partial charge in [-0.25, -0.2) is 0 Å². The number of carbonyl (C=O) groups excluding carboxylic acids is 3. The van der Waals surface area contributed by atoms with E-state index >= 15 is 0 Å². The predicted octanol–water partition coefficient (Wildman–Crippen LogP) is 2.89. The first-order valence-electron chi connectivity index (χ1n) is 8.22. The molecule has 6 nitrogen and oxygen atoms in total. The molecule has 0 aromatic heterocycles. The molecule has 1 atom stereocenters. The molecule has 0 spiro atoms. The molecular weight excluding hydrogens is 354 g/mol. The molecule has 26 heavy (non-hydrogen) atoms. The van der Waals surface area contributed by atoms with Crippen molar-refractivity contribution in [2.24, 2.45) is 0 Å². The minimum absolute atomic E-state index is 0.182. The van der Waals surface area contributed by atoms with E-state index in [0.717, 1.165) is 0 Å². The highest BCUT2D eigenvalue weighted by Crippen LogP contribution is 2.44. The standard InChI is InChI=1S/C19H16ClN3O3/c1-22-17(25)14-7-2-3-8-15(14)23-16(24)9-10-19(22,23)18(26)21-13-6-4-5-12(20)11-13/h2-8,11H,9-10H2,1H3,(H,21,26)/t19-/m1/s1. The summed E-state index contributed by atoms with van der Waals surface area (Å²) in [5.41, 5.74) is 0.0110. The molecule has 3 amide bonds. The van der Waals surface area contributed by atoms with Crippen LogP contribution in [0.15, 0.2) is 48.5 Å². The van der Waals surface area contributed by atoms with E-state index in [9.17, 15) is 14.4 Å². The molecule has 1 N–H and O–H groups in total. The van der Waals surface area contributed by atoms with Gasteiger partial charge in [0.1, 0.15) is 0 Å². The third-order valence-corrected chi connectivity index (χ3v) is 5.22. The molecule has 4 rings (SSSR count). The Labute approximate surface area is 155 Å². The van der Waals surface area contributed by atoms with E-state index in [1.54, 1.807) is 55.6 Å². The van der Waals surface area contributed by atoms with Crippen molar-refractivity contribution >= 4 is 40.7 Å². The van der Waals surface area contributed by atoms with Crippen molar-refractivity contribution in [3.05, 3.63) is 59.1 Å². The summed E-state index contributed by atoms with van der Waals surface area (Å²) >= 11 is 5.99. The number of nitrogens with zero attached hydrogens (tertiary/aromatic N) is 2. The molecule has 0 bridgehead atoms. The predicted molar refractivity (Wildman–Crippen MR) is 98.1 cm³/mol. The molecule has 2 aromatic carbocycles. The van der Waals surface area contributed by atoms with Crippen molar-refractivity contribution in [2.45, 2.75) is 18.5 Å². The lowest BCUT2D eigenvalue weighted by atomic mass is 9.96. The number of amides is 3. The smallest absolute Gasteiger partial charge is 0.271 e. The number of para-hydroxylation sites is 1. The summed E-state index contributed by atoms with van der Waals surface area (Å²) < 4.78 is 0. The molecule has 1 saturated heterocycles. The van der Waals surface area contributed by atoms with Crippen LogP contribution in [0.3, 0.4) is 0 Å². The monoisotopic (exact) mass is 369 g/mol. The zero-order valence-electron chi connectivity index (χ0n) is 14.0. The highest BCUT2D eigenvalue weighted by molar-refractivity contribution is 6.31. The van der Waals surface area contributed by atoms with Gasteiger partial charge in [-0.3, -0.25) is 19.3 Å². The van der Waals surface area contributed by atoms with Gasteiger partial charge in [-0.1, -0.05) is 29.8 Å². The molecule has 0 saturated carbocycles. The van der Waals surface area contributed by atoms with Crippen LogP contribution in [0.2, 0.25) is 5.02 Å². The number of rotatable bonds is 2. The van der Waals surface area contributed by atoms with E-state index < -0.39 is 11.6 Å². The number of halogens is 1. The van der Waals surface area contributed by atoms with Gasteiger partial charge in [-0.15, -0.1) is 0 Å². The van der Waals surface area contributed by atoms with Gasteiger partial charge in [0.15, 0.2) is 0 Å². The number of hydrogen-bond acceptors (Lipinski definition) is 3. The van der Waals surface area contributed by atoms with E-state index in [0.29, 0.717) is 22.0 Å². The quantitative estimate of drug-likeness (QED) is 0.884. The second kappa shape index (κ2) is 5.85. The fourth-order valence-corrected chi connectivity index (χ4v) is 3.92. The van der Waals surface area contributed by atoms with E-state index in [1.165, 1.54) is 9.80 Å². The van der Waals surface area contributed by atoms with E-state index in [1.807, 2.05) is 0 Å². The number of benzene rings is 2. The highest BCUT2D eigenvalue weighted by Gasteiger charge is 2.59. The number of carbonyl (C=O) groups is 3. The maximum Gasteiger partial charge on any atom is 0.271 e. The van der Waals surface area contributed by atoms with Gasteiger partial charge < -0.3 is 10.2 Å². The number of fused-ring (bicyclic) bond motifs is 3. The van der Waals surface area contributed by atoms with Crippen LogP contribution < -0.4 is 10.2 Å². The average molecular weight is 370 g/mol. The van der Waals surface area contributed by atoms with E-state index in [-0.39, 0.29) is 24.7 Å². The Morgan fingerprint density at radius 2 is 1.92 bits per heavy atom. The van der Waals surface area contributed by atoms with Crippen LogP contribution in [-0.4, -0.2) is 35.3 Å². The maximum atomic E-state index is 13.3. The number of nitrogens with one attached hydrogen (secondary N) is 1. The van der Waals surface area contributed by atoms with Crippen molar-refractivity contribution in [3.63, 3.8) is 0 Å². The first-order chi connectivity index (χ1) is 12.4. The third-order valence-electron chi connectivity index (χ3n) is 4.99. The lowest BCUT2D eigenvalue weighted by Crippen LogP contribution is -2.68. The maximum absolute atomic E-state index is 13.3. The van der Waals surface area contributed by atoms with Gasteiger partial charge in [0.2, 0.25) is 11.6 Å². The molecule has 132 valence electrons. The Morgan fingerprint density at radius 3 is 2.69 bits per heavy atom. The van der Waals surface area contributed by atoms with Gasteiger partial charge >= 0.3 is 0 Å². The minimum atomic E-state index is -1.38. The normalized spacial score (nSPS) is 21.5. The Balaban J connectivity index is 1.81. The fourth-order valence-electron chi connectivity index (χ4n) is 3.73. The first kappa shape index (κ1) is 16.6. The van der Waals surface area contributed by atoms with Crippen molar-refractivity contribution < 1.29 is 14.4 Å². The molecule has 7 heteroatoms. The Morgan fingerprint density at radius 1 is 1.15 bits per heavy atom. The van der Waals surface area contributed by atoms with Crippen LogP contribution in [0.5, 0.6) is 0 Å². The fraction of sp³-hybridized carbons (Fsp3) is 0.211. The molecule has 2 aromatic rings. The molecule has 2 aliphatic heterocycles. The Bertz CT molecular complexity index is 945. The molecule has 0 radical (unpaired) electrons. The second-order valence-electron chi connectivity index (χ2n) is 6.39. The lowest BCUT2D eigenvalue weighted by Gasteiger charge is -2.47. The lowest BCUT2D eigenvalue weighted by molar-refractivity contribution is -0.128. The molecule has 0 unspecified atom stereocenters. The first-order valence-corrected chi connectivity index (χ1v) is 8.60. The Kier molecular flexibility index (Phi) is 3.73. The molecular formula is C19H16ClN3O3. The van der Waals surface area contributed by atoms with Gasteiger partial charge in [-0.2, -0.15) is 0 Å². The van der Waals surface area contributed by atoms with Crippen LogP contribution in [0, 0.1) is 0 Å². The molecule has 2 aliphatic rings. The van der Waals surface area contributed by atoms with Crippen LogP contribution in [0.1, 0.15) is 23.2 Å². The summed E-state index contributed by atoms with van der Waals surface area (Å²) in [7, 11) is 1.56. The summed E-state index contributed by atoms with van der Waals surface area (Å²) in [5, 5.41) is 3.29. The molecule has 1 fully saturated rings. The van der Waals surface area contributed by atoms with Gasteiger partial charge in [0.05, 0.1) is 11.3 Å². The zero-order chi connectivity index (χ0) is 18.5. The van der Waals surface area contributed by atoms with Gasteiger partial charge in [-0.05, 0) is 30.3 Å². The van der Waals surface area contributed by atoms with Crippen LogP contribution in [-0.2, 0) is 9.59 Å². The van der Waals surface area contributed by atoms with Gasteiger partial charge in [0, 0.05) is 30.6 Å². The van der Waals surface area contributed by atoms with Crippen LogP contribution in [0.4, 0.5) is 11.4 Å². The van der Waals surface area contributed by atoms with Crippen molar-refractivity contribution in [2.75, 3.05) is 17.3 Å². The number of likely N-dealkylation sites (N-methyl/N-ethyl adjacent to an activating group) is 1. The second-order valence-corrected chi connectivity index (χ2v) is 6.83. The Hall–Kier alpha value is -2.86. The molecule has 2 heterocycles. The number of hydrogen-bond donors (Lipinski definition) is 1. The summed E-state index contributed by atoms with van der Waals surface area (Å²) in [6, 6.07) is 13.6. The minimum Gasteiger partial charge on any atom is -0.322 e. The largest absolute Gasteiger partial charge is 0.322 e. The SMILES string of the molecule is CN1C(=O)c2ccccc2N2C(=O)CC[C@@]12C(=O)Nc1cccc(Cl)c1. The zero-order valence-corrected chi connectivity index (χ0v) is 14.8. The van der Waals surface area contributed by atoms with Crippen molar-refractivity contribution in [1.29, 1.82) is 0 Å². The van der Waals surface area contributed by atoms with Crippen molar-refractivity contribution in [1.82, 2.24) is 4.90 Å². The highest BCUT2D eigenvalue weighted by atomic mass is 35.5. The van der Waals surface area contributed by atoms with Crippen LogP contribution >= 0.6 is 11.6 Å². The summed E-state index contributed by atoms with van der Waals surface area (Å²) in [6.07, 6.45) is 0.420. The topological polar surface area (TPSA) is 69.7 Å². The van der Waals surface area contributed by atoms with E-state index in [2.05, 4.69) is 5.32 Å². The van der Waals surface area contributed by atoms with E-state index in [4.69, 9.17) is 11.6 Å². The molecule has 0 aliphatic carbocycles. The van der Waals surface area contributed by atoms with Crippen LogP contribution in [0.25, 0.3) is 0 Å². The summed E-state index contributed by atoms with van der Waals surface area (Å²) in [6.45, 7) is 0.